The predicted octanol–water partition coefficient (Wildman–Crippen LogP) is 12.6. The summed E-state index contributed by atoms with van der Waals surface area (Å²) in [5.74, 6) is 0. The summed E-state index contributed by atoms with van der Waals surface area (Å²) in [6, 6.07) is 57.6. The Morgan fingerprint density at radius 2 is 1.25 bits per heavy atom. The van der Waals surface area contributed by atoms with Crippen LogP contribution in [0.3, 0.4) is 0 Å². The number of rotatable bonds is 5. The molecule has 8 aromatic rings. The van der Waals surface area contributed by atoms with Crippen molar-refractivity contribution in [2.45, 2.75) is 34.1 Å². The fourth-order valence-electron chi connectivity index (χ4n) is 6.52. The maximum absolute atomic E-state index is 4.76. The minimum absolute atomic E-state index is 0. The molecule has 0 amide bonds. The number of benzene rings is 6. The first-order valence-corrected chi connectivity index (χ1v) is 17.2. The number of aromatic nitrogens is 2. The van der Waals surface area contributed by atoms with Crippen LogP contribution in [0.2, 0.25) is 0 Å². The summed E-state index contributed by atoms with van der Waals surface area (Å²) in [7, 11) is 0. The molecule has 2 aromatic heterocycles. The summed E-state index contributed by atoms with van der Waals surface area (Å²) in [6.07, 6.45) is 4.84. The zero-order valence-electron chi connectivity index (χ0n) is 29.4. The number of nitrogens with zero attached hydrogens (tertiary/aromatic N) is 2. The first kappa shape index (κ1) is 35.6. The fraction of sp³-hybridized carbons (Fsp3) is 0.125. The Morgan fingerprint density at radius 1 is 0.569 bits per heavy atom. The van der Waals surface area contributed by atoms with Gasteiger partial charge in [0, 0.05) is 32.5 Å². The Hall–Kier alpha value is -5.21. The van der Waals surface area contributed by atoms with Crippen LogP contribution in [-0.4, -0.2) is 9.97 Å². The van der Waals surface area contributed by atoms with Crippen LogP contribution in [-0.2, 0) is 26.5 Å². The van der Waals surface area contributed by atoms with Crippen LogP contribution in [0.4, 0.5) is 0 Å². The Morgan fingerprint density at radius 3 is 1.94 bits per heavy atom. The van der Waals surface area contributed by atoms with E-state index in [2.05, 4.69) is 148 Å². The van der Waals surface area contributed by atoms with Gasteiger partial charge in [-0.05, 0) is 80.0 Å². The SMILES string of the molecule is Cc1cnc(-c2[c-]cc(-c3cc4ccccc4c4ccccc34)cc2)cc1-c1ccc(CC(C)(C)C)cc1.[Ir].[c-]1ccccc1-c1ccccn1. The molecule has 0 unspecified atom stereocenters. The molecule has 0 aliphatic carbocycles. The van der Waals surface area contributed by atoms with Gasteiger partial charge in [-0.2, -0.15) is 0 Å². The van der Waals surface area contributed by atoms with Crippen molar-refractivity contribution in [1.82, 2.24) is 9.97 Å². The van der Waals surface area contributed by atoms with E-state index in [4.69, 9.17) is 4.98 Å². The van der Waals surface area contributed by atoms with Crippen molar-refractivity contribution in [3.8, 4) is 44.8 Å². The zero-order valence-corrected chi connectivity index (χ0v) is 31.8. The van der Waals surface area contributed by atoms with Gasteiger partial charge >= 0.3 is 0 Å². The summed E-state index contributed by atoms with van der Waals surface area (Å²) in [5.41, 5.74) is 11.6. The Balaban J connectivity index is 0.000000291. The van der Waals surface area contributed by atoms with Gasteiger partial charge in [-0.15, -0.1) is 65.7 Å². The van der Waals surface area contributed by atoms with E-state index < -0.39 is 0 Å². The molecule has 0 spiro atoms. The first-order chi connectivity index (χ1) is 24.3. The van der Waals surface area contributed by atoms with Crippen LogP contribution >= 0.6 is 0 Å². The van der Waals surface area contributed by atoms with Crippen LogP contribution in [0.5, 0.6) is 0 Å². The Kier molecular flexibility index (Phi) is 11.0. The van der Waals surface area contributed by atoms with E-state index in [0.29, 0.717) is 0 Å². The van der Waals surface area contributed by atoms with Crippen LogP contribution in [0.15, 0.2) is 158 Å². The molecule has 0 fully saturated rings. The molecular formula is C48H40IrN2-2. The van der Waals surface area contributed by atoms with Crippen LogP contribution in [0.25, 0.3) is 66.3 Å². The van der Waals surface area contributed by atoms with Crippen molar-refractivity contribution in [3.63, 3.8) is 0 Å². The summed E-state index contributed by atoms with van der Waals surface area (Å²) >= 11 is 0. The van der Waals surface area contributed by atoms with Gasteiger partial charge in [0.15, 0.2) is 0 Å². The molecule has 1 radical (unpaired) electrons. The van der Waals surface area contributed by atoms with Crippen molar-refractivity contribution < 1.29 is 20.1 Å². The van der Waals surface area contributed by atoms with Crippen molar-refractivity contribution in [2.24, 2.45) is 5.41 Å². The van der Waals surface area contributed by atoms with E-state index in [1.807, 2.05) is 48.7 Å². The predicted molar refractivity (Wildman–Crippen MR) is 211 cm³/mol. The number of hydrogen-bond donors (Lipinski definition) is 0. The molecule has 253 valence electrons. The average Bonchev–Trinajstić information content (AvgIpc) is 3.16. The molecule has 0 saturated heterocycles. The van der Waals surface area contributed by atoms with E-state index in [1.54, 1.807) is 6.20 Å². The van der Waals surface area contributed by atoms with Gasteiger partial charge in [0.2, 0.25) is 0 Å². The standard InChI is InChI=1S/C37H32N.C11H8N.Ir/c1-25-24-38-36(22-34(25)27-15-13-26(14-16-27)23-37(2,3)4)29-19-17-28(18-20-29)35-21-30-9-5-6-10-31(30)32-11-7-8-12-33(32)35;1-2-6-10(7-3-1)11-8-4-5-9-12-11;/h5-19,21-22,24H,23H2,1-4H3;1-6,8-9H;/q2*-1;. The fourth-order valence-corrected chi connectivity index (χ4v) is 6.52. The molecule has 0 N–H and O–H groups in total. The monoisotopic (exact) mass is 837 g/mol. The maximum Gasteiger partial charge on any atom is 0.0196 e. The summed E-state index contributed by atoms with van der Waals surface area (Å²) in [5, 5.41) is 5.08. The van der Waals surface area contributed by atoms with Gasteiger partial charge in [-0.3, -0.25) is 0 Å². The number of pyridine rings is 2. The quantitative estimate of drug-likeness (QED) is 0.127. The third-order valence-electron chi connectivity index (χ3n) is 8.92. The van der Waals surface area contributed by atoms with E-state index >= 15 is 0 Å². The van der Waals surface area contributed by atoms with Gasteiger partial charge in [-0.1, -0.05) is 129 Å². The number of fused-ring (bicyclic) bond motifs is 3. The van der Waals surface area contributed by atoms with Gasteiger partial charge < -0.3 is 9.97 Å². The number of hydrogen-bond acceptors (Lipinski definition) is 2. The molecule has 2 nitrogen and oxygen atoms in total. The maximum atomic E-state index is 4.76. The zero-order chi connectivity index (χ0) is 34.5. The second kappa shape index (κ2) is 15.8. The molecule has 0 aliphatic rings. The largest absolute Gasteiger partial charge is 0.305 e. The molecule has 0 bridgehead atoms. The van der Waals surface area contributed by atoms with Gasteiger partial charge in [0.05, 0.1) is 0 Å². The normalized spacial score (nSPS) is 11.1. The first-order valence-electron chi connectivity index (χ1n) is 17.2. The summed E-state index contributed by atoms with van der Waals surface area (Å²) in [4.78, 5) is 8.98. The van der Waals surface area contributed by atoms with E-state index in [0.717, 1.165) is 34.5 Å². The molecule has 8 rings (SSSR count). The van der Waals surface area contributed by atoms with Crippen LogP contribution in [0.1, 0.15) is 31.9 Å². The minimum Gasteiger partial charge on any atom is -0.305 e. The third kappa shape index (κ3) is 8.40. The molecule has 2 heterocycles. The van der Waals surface area contributed by atoms with Crippen molar-refractivity contribution in [3.05, 3.63) is 181 Å². The van der Waals surface area contributed by atoms with Gasteiger partial charge in [-0.25, -0.2) is 0 Å². The van der Waals surface area contributed by atoms with E-state index in [9.17, 15) is 0 Å². The second-order valence-corrected chi connectivity index (χ2v) is 14.0. The topological polar surface area (TPSA) is 25.8 Å². The third-order valence-corrected chi connectivity index (χ3v) is 8.92. The molecule has 3 heteroatoms. The van der Waals surface area contributed by atoms with Crippen molar-refractivity contribution >= 4 is 21.5 Å². The van der Waals surface area contributed by atoms with Gasteiger partial charge in [0.25, 0.3) is 0 Å². The Bertz CT molecular complexity index is 2320. The smallest absolute Gasteiger partial charge is 0.0196 e. The van der Waals surface area contributed by atoms with E-state index in [1.165, 1.54) is 49.4 Å². The molecule has 51 heavy (non-hydrogen) atoms. The molecule has 0 saturated carbocycles. The van der Waals surface area contributed by atoms with E-state index in [-0.39, 0.29) is 25.5 Å². The summed E-state index contributed by atoms with van der Waals surface area (Å²) < 4.78 is 0. The van der Waals surface area contributed by atoms with Crippen molar-refractivity contribution in [1.29, 1.82) is 0 Å². The van der Waals surface area contributed by atoms with Crippen LogP contribution in [0, 0.1) is 24.5 Å². The minimum atomic E-state index is 0. The average molecular weight is 837 g/mol. The Labute approximate surface area is 315 Å². The van der Waals surface area contributed by atoms with Crippen molar-refractivity contribution in [2.75, 3.05) is 0 Å². The number of aryl methyl sites for hydroxylation is 1. The molecule has 6 aromatic carbocycles. The molecule has 0 atom stereocenters. The molecular weight excluding hydrogens is 797 g/mol. The van der Waals surface area contributed by atoms with Crippen LogP contribution < -0.4 is 0 Å². The summed E-state index contributed by atoms with van der Waals surface area (Å²) in [6.45, 7) is 8.98. The second-order valence-electron chi connectivity index (χ2n) is 14.0. The van der Waals surface area contributed by atoms with Gasteiger partial charge in [0.1, 0.15) is 0 Å². The molecule has 0 aliphatic heterocycles.